The monoisotopic (exact) mass is 798 g/mol. The van der Waals surface area contributed by atoms with E-state index in [1.54, 1.807) is 58.0 Å². The number of unbranched alkanes of at least 4 members (excludes halogenated alkanes) is 4. The Bertz CT molecular complexity index is 2050. The Morgan fingerprint density at radius 2 is 1.46 bits per heavy atom. The van der Waals surface area contributed by atoms with E-state index in [4.69, 9.17) is 26.1 Å². The summed E-state index contributed by atoms with van der Waals surface area (Å²) in [4.78, 5) is 67.1. The fraction of sp³-hybridized carbons (Fsp3) is 0.477. The van der Waals surface area contributed by atoms with E-state index >= 15 is 0 Å². The highest BCUT2D eigenvalue weighted by molar-refractivity contribution is 6.30. The number of fused-ring (bicyclic) bond motifs is 1. The Balaban J connectivity index is 1.17. The summed E-state index contributed by atoms with van der Waals surface area (Å²) in [6, 6.07) is 19.4. The van der Waals surface area contributed by atoms with Gasteiger partial charge in [-0.1, -0.05) is 56.3 Å². The highest BCUT2D eigenvalue weighted by atomic mass is 35.5. The fourth-order valence-corrected chi connectivity index (χ4v) is 7.49. The minimum absolute atomic E-state index is 0.0732. The van der Waals surface area contributed by atoms with Crippen LogP contribution in [0.4, 0.5) is 0 Å². The molecule has 0 radical (unpaired) electrons. The Hall–Kier alpha value is -4.78. The van der Waals surface area contributed by atoms with Gasteiger partial charge in [-0.25, -0.2) is 4.98 Å². The first kappa shape index (κ1) is 41.8. The molecule has 0 bridgehead atoms. The Morgan fingerprint density at radius 1 is 0.789 bits per heavy atom. The predicted octanol–water partition coefficient (Wildman–Crippen LogP) is 6.24. The molecule has 3 aromatic carbocycles. The molecule has 2 amide bonds. The number of nitrogens with zero attached hydrogens (tertiary/aromatic N) is 6. The van der Waals surface area contributed by atoms with E-state index in [1.807, 2.05) is 36.9 Å². The van der Waals surface area contributed by atoms with E-state index in [0.29, 0.717) is 110 Å². The second-order valence-corrected chi connectivity index (χ2v) is 15.6. The molecule has 2 aliphatic rings. The molecule has 3 heterocycles. The average Bonchev–Trinajstić information content (AvgIpc) is 3.21. The zero-order valence-corrected chi connectivity index (χ0v) is 34.2. The van der Waals surface area contributed by atoms with Crippen molar-refractivity contribution in [2.24, 2.45) is 0 Å². The second kappa shape index (κ2) is 20.1. The maximum absolute atomic E-state index is 14.4. The zero-order valence-electron chi connectivity index (χ0n) is 33.5. The zero-order chi connectivity index (χ0) is 40.3. The topological polar surface area (TPSA) is 118 Å². The van der Waals surface area contributed by atoms with Gasteiger partial charge in [0.15, 0.2) is 12.4 Å². The molecule has 6 rings (SSSR count). The number of carbonyl (C=O) groups excluding carboxylic acids is 3. The van der Waals surface area contributed by atoms with Crippen LogP contribution < -0.4 is 15.0 Å². The predicted molar refractivity (Wildman–Crippen MR) is 223 cm³/mol. The number of halogens is 1. The van der Waals surface area contributed by atoms with Gasteiger partial charge in [0.1, 0.15) is 17.3 Å². The van der Waals surface area contributed by atoms with Crippen LogP contribution in [0.5, 0.6) is 11.5 Å². The summed E-state index contributed by atoms with van der Waals surface area (Å²) in [5.41, 5.74) is 1.24. The van der Waals surface area contributed by atoms with Crippen molar-refractivity contribution in [3.8, 4) is 17.2 Å². The van der Waals surface area contributed by atoms with Gasteiger partial charge in [-0.15, -0.1) is 0 Å². The normalized spacial score (nSPS) is 15.3. The lowest BCUT2D eigenvalue weighted by molar-refractivity contribution is -0.135. The fourth-order valence-electron chi connectivity index (χ4n) is 7.36. The lowest BCUT2D eigenvalue weighted by Crippen LogP contribution is -2.50. The van der Waals surface area contributed by atoms with E-state index in [-0.39, 0.29) is 42.4 Å². The Kier molecular flexibility index (Phi) is 14.7. The number of carbonyl (C=O) groups is 3. The number of piperazine rings is 2. The third-order valence-corrected chi connectivity index (χ3v) is 10.8. The highest BCUT2D eigenvalue weighted by Crippen LogP contribution is 2.28. The number of para-hydroxylation sites is 1. The molecule has 1 aromatic heterocycles. The van der Waals surface area contributed by atoms with E-state index in [0.717, 1.165) is 12.8 Å². The summed E-state index contributed by atoms with van der Waals surface area (Å²) >= 11 is 5.97. The highest BCUT2D eigenvalue weighted by Gasteiger charge is 2.27. The van der Waals surface area contributed by atoms with Crippen molar-refractivity contribution in [1.82, 2.24) is 29.2 Å². The Labute approximate surface area is 340 Å². The first-order chi connectivity index (χ1) is 27.6. The Morgan fingerprint density at radius 3 is 2.16 bits per heavy atom. The van der Waals surface area contributed by atoms with E-state index in [2.05, 4.69) is 16.7 Å². The summed E-state index contributed by atoms with van der Waals surface area (Å²) in [6.07, 6.45) is 5.96. The van der Waals surface area contributed by atoms with Crippen molar-refractivity contribution < 1.29 is 23.9 Å². The first-order valence-corrected chi connectivity index (χ1v) is 20.7. The van der Waals surface area contributed by atoms with Crippen LogP contribution in [0.25, 0.3) is 16.6 Å². The third-order valence-electron chi connectivity index (χ3n) is 10.6. The number of hydrogen-bond donors (Lipinski definition) is 0. The van der Waals surface area contributed by atoms with Crippen molar-refractivity contribution in [1.29, 1.82) is 0 Å². The van der Waals surface area contributed by atoms with Crippen LogP contribution in [-0.2, 0) is 16.1 Å². The summed E-state index contributed by atoms with van der Waals surface area (Å²) in [7, 11) is 0. The van der Waals surface area contributed by atoms with Crippen molar-refractivity contribution >= 4 is 40.1 Å². The smallest absolute Gasteiger partial charge is 0.266 e. The van der Waals surface area contributed by atoms with Gasteiger partial charge < -0.3 is 19.3 Å². The number of Topliss-reactive ketones (excluding diaryl/α,β-unsaturated/α-hetero) is 1. The van der Waals surface area contributed by atoms with E-state index < -0.39 is 0 Å². The maximum atomic E-state index is 14.4. The van der Waals surface area contributed by atoms with E-state index in [1.165, 1.54) is 19.3 Å². The number of aromatic nitrogens is 2. The van der Waals surface area contributed by atoms with Gasteiger partial charge in [-0.3, -0.25) is 33.5 Å². The SMILES string of the molecule is CCCCCCCC(=O)N1CCN(CC(=O)c2ccc(OC(C)C)c(-n3c(CN4CCN(C(=O)COc5ccc(Cl)cc5)CC4)nc4ccccc4c3=O)c2)CC1. The molecular weight excluding hydrogens is 744 g/mol. The maximum Gasteiger partial charge on any atom is 0.266 e. The van der Waals surface area contributed by atoms with Gasteiger partial charge in [0.25, 0.3) is 11.5 Å². The average molecular weight is 799 g/mol. The molecule has 2 saturated heterocycles. The molecule has 0 spiro atoms. The van der Waals surface area contributed by atoms with Crippen molar-refractivity contribution in [3.63, 3.8) is 0 Å². The molecule has 57 heavy (non-hydrogen) atoms. The number of benzene rings is 3. The molecule has 13 heteroatoms. The van der Waals surface area contributed by atoms with Crippen LogP contribution in [0, 0.1) is 0 Å². The van der Waals surface area contributed by atoms with Crippen LogP contribution in [0.15, 0.2) is 71.5 Å². The number of amides is 2. The molecule has 0 N–H and O–H groups in total. The third kappa shape index (κ3) is 11.2. The first-order valence-electron chi connectivity index (χ1n) is 20.3. The molecular formula is C44H55ClN6O6. The molecule has 0 saturated carbocycles. The minimum Gasteiger partial charge on any atom is -0.489 e. The number of ether oxygens (including phenoxy) is 2. The second-order valence-electron chi connectivity index (χ2n) is 15.2. The van der Waals surface area contributed by atoms with Crippen LogP contribution in [0.1, 0.15) is 75.5 Å². The molecule has 2 fully saturated rings. The molecule has 0 atom stereocenters. The summed E-state index contributed by atoms with van der Waals surface area (Å²) in [5, 5.41) is 1.05. The van der Waals surface area contributed by atoms with Crippen molar-refractivity contribution in [3.05, 3.63) is 93.5 Å². The molecule has 304 valence electrons. The minimum atomic E-state index is -0.256. The molecule has 0 aliphatic carbocycles. The van der Waals surface area contributed by atoms with Crippen LogP contribution in [0.2, 0.25) is 5.02 Å². The molecule has 0 unspecified atom stereocenters. The van der Waals surface area contributed by atoms with Crippen molar-refractivity contribution in [2.75, 3.05) is 65.5 Å². The van der Waals surface area contributed by atoms with Gasteiger partial charge in [0.05, 0.1) is 35.8 Å². The van der Waals surface area contributed by atoms with Crippen LogP contribution in [0.3, 0.4) is 0 Å². The lowest BCUT2D eigenvalue weighted by Gasteiger charge is -2.35. The summed E-state index contributed by atoms with van der Waals surface area (Å²) < 4.78 is 13.5. The van der Waals surface area contributed by atoms with Gasteiger partial charge in [0.2, 0.25) is 5.91 Å². The van der Waals surface area contributed by atoms with Gasteiger partial charge >= 0.3 is 0 Å². The summed E-state index contributed by atoms with van der Waals surface area (Å²) in [5.74, 6) is 1.57. The molecule has 12 nitrogen and oxygen atoms in total. The summed E-state index contributed by atoms with van der Waals surface area (Å²) in [6.45, 7) is 11.1. The van der Waals surface area contributed by atoms with Gasteiger partial charge in [-0.05, 0) is 74.9 Å². The number of ketones is 1. The van der Waals surface area contributed by atoms with Gasteiger partial charge in [0, 0.05) is 69.4 Å². The van der Waals surface area contributed by atoms with E-state index in [9.17, 15) is 19.2 Å². The van der Waals surface area contributed by atoms with Crippen LogP contribution >= 0.6 is 11.6 Å². The molecule has 4 aromatic rings. The van der Waals surface area contributed by atoms with Gasteiger partial charge in [-0.2, -0.15) is 0 Å². The largest absolute Gasteiger partial charge is 0.489 e. The molecule has 2 aliphatic heterocycles. The number of hydrogen-bond acceptors (Lipinski definition) is 9. The van der Waals surface area contributed by atoms with Crippen molar-refractivity contribution in [2.45, 2.75) is 71.9 Å². The quantitative estimate of drug-likeness (QED) is 0.0905. The number of rotatable bonds is 17. The van der Waals surface area contributed by atoms with Crippen LogP contribution in [-0.4, -0.2) is 118 Å². The lowest BCUT2D eigenvalue weighted by atomic mass is 10.1. The standard InChI is InChI=1S/C44H55ClN6O6/c1-4-5-6-7-8-13-42(53)49-24-20-47(21-25-49)29-39(52)33-14-19-40(57-32(2)3)38(28-33)51-41(46-37-12-10-9-11-36(37)44(51)55)30-48-22-26-50(27-23-48)43(54)31-56-35-17-15-34(45)16-18-35/h9-12,14-19,28,32H,4-8,13,20-27,29-31H2,1-3H3.